The van der Waals surface area contributed by atoms with Gasteiger partial charge in [0.05, 0.1) is 10.9 Å². The minimum absolute atomic E-state index is 0.00444. The Morgan fingerprint density at radius 3 is 2.68 bits per heavy atom. The van der Waals surface area contributed by atoms with Gasteiger partial charge in [0.25, 0.3) is 5.91 Å². The Kier molecular flexibility index (Phi) is 6.37. The molecule has 0 unspecified atom stereocenters. The predicted molar refractivity (Wildman–Crippen MR) is 116 cm³/mol. The summed E-state index contributed by atoms with van der Waals surface area (Å²) in [6.45, 7) is 5.79. The molecule has 168 valence electrons. The molecule has 2 atom stereocenters. The Bertz CT molecular complexity index is 1070. The van der Waals surface area contributed by atoms with E-state index in [2.05, 4.69) is 10.1 Å². The highest BCUT2D eigenvalue weighted by molar-refractivity contribution is 7.89. The van der Waals surface area contributed by atoms with E-state index < -0.39 is 10.0 Å². The van der Waals surface area contributed by atoms with Gasteiger partial charge in [-0.1, -0.05) is 23.7 Å². The fourth-order valence-corrected chi connectivity index (χ4v) is 6.46. The molecule has 8 nitrogen and oxygen atoms in total. The van der Waals surface area contributed by atoms with Crippen LogP contribution in [0.1, 0.15) is 60.6 Å². The van der Waals surface area contributed by atoms with Crippen molar-refractivity contribution >= 4 is 27.5 Å². The van der Waals surface area contributed by atoms with Crippen LogP contribution in [0.5, 0.6) is 0 Å². The second kappa shape index (κ2) is 8.88. The van der Waals surface area contributed by atoms with Crippen molar-refractivity contribution in [2.75, 3.05) is 26.2 Å². The van der Waals surface area contributed by atoms with Crippen molar-refractivity contribution in [3.05, 3.63) is 40.5 Å². The Morgan fingerprint density at radius 2 is 1.97 bits per heavy atom. The van der Waals surface area contributed by atoms with Crippen LogP contribution in [0.3, 0.4) is 0 Å². The third kappa shape index (κ3) is 4.63. The summed E-state index contributed by atoms with van der Waals surface area (Å²) in [5, 5.41) is 3.97. The summed E-state index contributed by atoms with van der Waals surface area (Å²) in [5.74, 6) is 1.16. The van der Waals surface area contributed by atoms with Gasteiger partial charge < -0.3 is 9.42 Å². The third-order valence-corrected chi connectivity index (χ3v) is 8.36. The first-order chi connectivity index (χ1) is 14.8. The van der Waals surface area contributed by atoms with Crippen LogP contribution in [-0.2, 0) is 10.0 Å². The van der Waals surface area contributed by atoms with E-state index in [0.717, 1.165) is 25.7 Å². The van der Waals surface area contributed by atoms with Gasteiger partial charge in [-0.2, -0.15) is 9.29 Å². The number of likely N-dealkylation sites (tertiary alicyclic amines) is 1. The molecule has 0 bridgehead atoms. The number of piperidine rings is 2. The van der Waals surface area contributed by atoms with E-state index in [1.54, 1.807) is 17.9 Å². The Labute approximate surface area is 187 Å². The van der Waals surface area contributed by atoms with Crippen molar-refractivity contribution in [3.8, 4) is 0 Å². The number of rotatable bonds is 4. The fraction of sp³-hybridized carbons (Fsp3) is 0.571. The molecule has 1 amide bonds. The lowest BCUT2D eigenvalue weighted by atomic mass is 9.97. The maximum Gasteiger partial charge on any atom is 0.253 e. The van der Waals surface area contributed by atoms with Gasteiger partial charge in [-0.15, -0.1) is 0 Å². The van der Waals surface area contributed by atoms with Gasteiger partial charge in [-0.05, 0) is 56.7 Å². The molecule has 2 aromatic rings. The smallest absolute Gasteiger partial charge is 0.253 e. The Balaban J connectivity index is 1.56. The minimum atomic E-state index is -3.77. The lowest BCUT2D eigenvalue weighted by molar-refractivity contribution is 0.0695. The average molecular weight is 467 g/mol. The number of benzene rings is 1. The predicted octanol–water partition coefficient (Wildman–Crippen LogP) is 3.47. The summed E-state index contributed by atoms with van der Waals surface area (Å²) in [5.41, 5.74) is 0.315. The Morgan fingerprint density at radius 1 is 1.19 bits per heavy atom. The summed E-state index contributed by atoms with van der Waals surface area (Å²) in [7, 11) is -3.77. The number of carbonyl (C=O) groups excluding carboxylic acids is 1. The summed E-state index contributed by atoms with van der Waals surface area (Å²) >= 11 is 6.27. The number of sulfonamides is 1. The number of hydrogen-bond donors (Lipinski definition) is 0. The fourth-order valence-electron chi connectivity index (χ4n) is 4.36. The zero-order chi connectivity index (χ0) is 22.2. The van der Waals surface area contributed by atoms with Crippen LogP contribution in [0.4, 0.5) is 0 Å². The molecular weight excluding hydrogens is 440 g/mol. The molecule has 10 heteroatoms. The number of aryl methyl sites for hydroxylation is 1. The molecule has 3 heterocycles. The molecule has 0 N–H and O–H groups in total. The van der Waals surface area contributed by atoms with E-state index in [1.165, 1.54) is 16.4 Å². The highest BCUT2D eigenvalue weighted by Gasteiger charge is 2.33. The van der Waals surface area contributed by atoms with Gasteiger partial charge in [0.1, 0.15) is 4.90 Å². The summed E-state index contributed by atoms with van der Waals surface area (Å²) in [6, 6.07) is 4.50. The first-order valence-electron chi connectivity index (χ1n) is 10.6. The highest BCUT2D eigenvalue weighted by Crippen LogP contribution is 2.31. The van der Waals surface area contributed by atoms with Gasteiger partial charge in [0.15, 0.2) is 5.82 Å². The van der Waals surface area contributed by atoms with Gasteiger partial charge in [-0.3, -0.25) is 4.79 Å². The maximum absolute atomic E-state index is 13.2. The number of carbonyl (C=O) groups is 1. The van der Waals surface area contributed by atoms with Crippen molar-refractivity contribution in [2.45, 2.75) is 50.3 Å². The molecule has 2 aliphatic rings. The van der Waals surface area contributed by atoms with E-state index in [4.69, 9.17) is 16.1 Å². The number of halogens is 1. The molecule has 2 fully saturated rings. The average Bonchev–Trinajstić information content (AvgIpc) is 3.20. The Hall–Kier alpha value is -1.97. The summed E-state index contributed by atoms with van der Waals surface area (Å²) in [4.78, 5) is 19.2. The van der Waals surface area contributed by atoms with Crippen LogP contribution in [0.15, 0.2) is 27.6 Å². The second-order valence-electron chi connectivity index (χ2n) is 8.53. The first kappa shape index (κ1) is 22.2. The quantitative estimate of drug-likeness (QED) is 0.684. The molecule has 4 rings (SSSR count). The van der Waals surface area contributed by atoms with E-state index in [-0.39, 0.29) is 21.7 Å². The van der Waals surface area contributed by atoms with Crippen LogP contribution in [0.25, 0.3) is 0 Å². The zero-order valence-electron chi connectivity index (χ0n) is 17.8. The van der Waals surface area contributed by atoms with Crippen LogP contribution in [-0.4, -0.2) is 59.8 Å². The minimum Gasteiger partial charge on any atom is -0.339 e. The monoisotopic (exact) mass is 466 g/mol. The van der Waals surface area contributed by atoms with Crippen LogP contribution in [0, 0.1) is 12.8 Å². The van der Waals surface area contributed by atoms with Crippen LogP contribution >= 0.6 is 11.6 Å². The van der Waals surface area contributed by atoms with E-state index >= 15 is 0 Å². The van der Waals surface area contributed by atoms with E-state index in [9.17, 15) is 13.2 Å². The van der Waals surface area contributed by atoms with Crippen LogP contribution < -0.4 is 0 Å². The number of amides is 1. The van der Waals surface area contributed by atoms with Gasteiger partial charge in [-0.25, -0.2) is 8.42 Å². The van der Waals surface area contributed by atoms with E-state index in [0.29, 0.717) is 49.4 Å². The van der Waals surface area contributed by atoms with Crippen molar-refractivity contribution < 1.29 is 17.7 Å². The molecule has 0 saturated carbocycles. The lowest BCUT2D eigenvalue weighted by Crippen LogP contribution is -2.40. The summed E-state index contributed by atoms with van der Waals surface area (Å²) in [6.07, 6.45) is 3.50. The number of aromatic nitrogens is 2. The molecule has 2 saturated heterocycles. The molecule has 0 aliphatic carbocycles. The van der Waals surface area contributed by atoms with E-state index in [1.807, 2.05) is 6.92 Å². The molecule has 0 spiro atoms. The molecule has 31 heavy (non-hydrogen) atoms. The SMILES string of the molecule is Cc1noc([C@@H]2CCCN(C(=O)c3ccc(Cl)c(S(=O)(=O)N4CCC[C@@H](C)C4)c3)C2)n1. The van der Waals surface area contributed by atoms with Crippen molar-refractivity contribution in [2.24, 2.45) is 5.92 Å². The van der Waals surface area contributed by atoms with Crippen molar-refractivity contribution in [1.29, 1.82) is 0 Å². The zero-order valence-corrected chi connectivity index (χ0v) is 19.3. The second-order valence-corrected chi connectivity index (χ2v) is 10.8. The normalized spacial score (nSPS) is 23.1. The molecule has 2 aliphatic heterocycles. The number of hydrogen-bond acceptors (Lipinski definition) is 6. The topological polar surface area (TPSA) is 96.6 Å². The van der Waals surface area contributed by atoms with Gasteiger partial charge in [0, 0.05) is 31.7 Å². The van der Waals surface area contributed by atoms with Crippen molar-refractivity contribution in [3.63, 3.8) is 0 Å². The summed E-state index contributed by atoms with van der Waals surface area (Å²) < 4.78 is 33.2. The molecule has 1 aromatic heterocycles. The first-order valence-corrected chi connectivity index (χ1v) is 12.5. The van der Waals surface area contributed by atoms with Crippen LogP contribution in [0.2, 0.25) is 5.02 Å². The molecule has 0 radical (unpaired) electrons. The molecular formula is C21H27ClN4O4S. The number of nitrogens with zero attached hydrogens (tertiary/aromatic N) is 4. The standard InChI is InChI=1S/C21H27ClN4O4S/c1-14-5-3-10-26(12-14)31(28,29)19-11-16(7-8-18(19)22)21(27)25-9-4-6-17(13-25)20-23-15(2)24-30-20/h7-8,11,14,17H,3-6,9-10,12-13H2,1-2H3/t14-,17-/m1/s1. The maximum atomic E-state index is 13.2. The lowest BCUT2D eigenvalue weighted by Gasteiger charge is -2.32. The van der Waals surface area contributed by atoms with Crippen molar-refractivity contribution in [1.82, 2.24) is 19.3 Å². The highest BCUT2D eigenvalue weighted by atomic mass is 35.5. The largest absolute Gasteiger partial charge is 0.339 e. The third-order valence-electron chi connectivity index (χ3n) is 6.02. The van der Waals surface area contributed by atoms with Gasteiger partial charge in [0.2, 0.25) is 15.9 Å². The molecule has 1 aromatic carbocycles. The van der Waals surface area contributed by atoms with Gasteiger partial charge >= 0.3 is 0 Å².